The molecule has 0 saturated carbocycles. The molecule has 0 atom stereocenters. The Morgan fingerprint density at radius 1 is 1.33 bits per heavy atom. The van der Waals surface area contributed by atoms with Gasteiger partial charge in [0.1, 0.15) is 10.8 Å². The number of halogens is 1. The number of H-pyrrole nitrogens is 1. The maximum absolute atomic E-state index is 10.6. The minimum Gasteiger partial charge on any atom is -0.497 e. The highest BCUT2D eigenvalue weighted by Gasteiger charge is 2.11. The van der Waals surface area contributed by atoms with Gasteiger partial charge in [-0.3, -0.25) is 9.89 Å². The number of aromatic amines is 1. The molecule has 1 aromatic carbocycles. The largest absolute Gasteiger partial charge is 0.497 e. The fourth-order valence-corrected chi connectivity index (χ4v) is 3.87. The number of thiophene rings is 1. The molecule has 0 unspecified atom stereocenters. The van der Waals surface area contributed by atoms with E-state index in [9.17, 15) is 4.79 Å². The number of carbonyl (C=O) groups is 1. The second-order valence-corrected chi connectivity index (χ2v) is 7.36. The molecule has 124 valence electrons. The van der Waals surface area contributed by atoms with E-state index < -0.39 is 5.97 Å². The zero-order valence-corrected chi connectivity index (χ0v) is 15.0. The van der Waals surface area contributed by atoms with Crippen molar-refractivity contribution in [2.75, 3.05) is 12.9 Å². The summed E-state index contributed by atoms with van der Waals surface area (Å²) in [6, 6.07) is 11.4. The van der Waals surface area contributed by atoms with Crippen LogP contribution in [0.25, 0.3) is 21.0 Å². The van der Waals surface area contributed by atoms with Gasteiger partial charge in [0.2, 0.25) is 0 Å². The van der Waals surface area contributed by atoms with Gasteiger partial charge in [0.15, 0.2) is 0 Å². The molecule has 3 aromatic rings. The predicted molar refractivity (Wildman–Crippen MR) is 97.3 cm³/mol. The summed E-state index contributed by atoms with van der Waals surface area (Å²) >= 11 is 8.90. The number of carboxylic acid groups (broad SMARTS) is 1. The summed E-state index contributed by atoms with van der Waals surface area (Å²) in [6.07, 6.45) is 0. The lowest BCUT2D eigenvalue weighted by Gasteiger charge is -2.04. The van der Waals surface area contributed by atoms with Gasteiger partial charge >= 0.3 is 5.97 Å². The van der Waals surface area contributed by atoms with Gasteiger partial charge < -0.3 is 9.84 Å². The zero-order chi connectivity index (χ0) is 17.1. The van der Waals surface area contributed by atoms with Crippen molar-refractivity contribution in [2.45, 2.75) is 5.03 Å². The summed E-state index contributed by atoms with van der Waals surface area (Å²) in [5.74, 6) is -0.165. The zero-order valence-electron chi connectivity index (χ0n) is 12.6. The standard InChI is InChI=1S/C16H13ClN2O3S2/c1-22-11-5-9(4-10(17)6-11)13-2-3-14(24-13)12-7-15(19-18-12)23-8-16(20)21/h2-7H,8H2,1H3,(H,18,19)(H,20,21). The molecule has 0 spiro atoms. The van der Waals surface area contributed by atoms with Gasteiger partial charge in [-0.1, -0.05) is 23.4 Å². The van der Waals surface area contributed by atoms with Gasteiger partial charge in [-0.05, 0) is 42.0 Å². The van der Waals surface area contributed by atoms with Crippen LogP contribution in [-0.2, 0) is 4.79 Å². The highest BCUT2D eigenvalue weighted by Crippen LogP contribution is 2.37. The summed E-state index contributed by atoms with van der Waals surface area (Å²) in [6.45, 7) is 0. The van der Waals surface area contributed by atoms with Gasteiger partial charge in [-0.25, -0.2) is 0 Å². The predicted octanol–water partition coefficient (Wildman–Crippen LogP) is 4.64. The van der Waals surface area contributed by atoms with E-state index in [2.05, 4.69) is 10.2 Å². The Labute approximate surface area is 151 Å². The van der Waals surface area contributed by atoms with Crippen LogP contribution in [0.1, 0.15) is 0 Å². The number of nitrogens with one attached hydrogen (secondary N) is 1. The third-order valence-electron chi connectivity index (χ3n) is 3.16. The van der Waals surface area contributed by atoms with Crippen LogP contribution in [0, 0.1) is 0 Å². The molecule has 0 aliphatic rings. The van der Waals surface area contributed by atoms with Gasteiger partial charge in [0.25, 0.3) is 0 Å². The summed E-state index contributed by atoms with van der Waals surface area (Å²) in [5, 5.41) is 17.1. The summed E-state index contributed by atoms with van der Waals surface area (Å²) in [5.41, 5.74) is 1.84. The van der Waals surface area contributed by atoms with E-state index in [0.717, 1.165) is 21.0 Å². The molecule has 0 aliphatic heterocycles. The maximum Gasteiger partial charge on any atom is 0.313 e. The highest BCUT2D eigenvalue weighted by atomic mass is 35.5. The molecule has 2 heterocycles. The van der Waals surface area contributed by atoms with Crippen LogP contribution in [0.15, 0.2) is 41.4 Å². The second kappa shape index (κ2) is 7.29. The first-order valence-corrected chi connectivity index (χ1v) is 9.08. The van der Waals surface area contributed by atoms with E-state index in [1.807, 2.05) is 30.3 Å². The van der Waals surface area contributed by atoms with Crippen molar-refractivity contribution < 1.29 is 14.6 Å². The minimum absolute atomic E-state index is 0.0116. The Kier molecular flexibility index (Phi) is 5.13. The van der Waals surface area contributed by atoms with Crippen LogP contribution in [-0.4, -0.2) is 34.1 Å². The number of carboxylic acids is 1. The molecule has 0 bridgehead atoms. The number of benzene rings is 1. The number of rotatable bonds is 6. The average molecular weight is 381 g/mol. The molecule has 2 aromatic heterocycles. The number of methoxy groups -OCH3 is 1. The average Bonchev–Trinajstić information content (AvgIpc) is 3.21. The van der Waals surface area contributed by atoms with Crippen LogP contribution < -0.4 is 4.74 Å². The van der Waals surface area contributed by atoms with Crippen LogP contribution in [0.5, 0.6) is 5.75 Å². The topological polar surface area (TPSA) is 75.2 Å². The molecule has 5 nitrogen and oxygen atoms in total. The summed E-state index contributed by atoms with van der Waals surface area (Å²) < 4.78 is 5.25. The minimum atomic E-state index is -0.863. The molecule has 0 fully saturated rings. The normalized spacial score (nSPS) is 10.8. The number of thioether (sulfide) groups is 1. The fourth-order valence-electron chi connectivity index (χ4n) is 2.10. The molecule has 0 amide bonds. The van der Waals surface area contributed by atoms with Crippen LogP contribution in [0.4, 0.5) is 0 Å². The quantitative estimate of drug-likeness (QED) is 0.609. The van der Waals surface area contributed by atoms with Crippen molar-refractivity contribution in [1.29, 1.82) is 0 Å². The van der Waals surface area contributed by atoms with Crippen molar-refractivity contribution in [3.63, 3.8) is 0 Å². The van der Waals surface area contributed by atoms with Gasteiger partial charge in [-0.2, -0.15) is 5.10 Å². The van der Waals surface area contributed by atoms with Crippen molar-refractivity contribution in [2.24, 2.45) is 0 Å². The molecular formula is C16H13ClN2O3S2. The Balaban J connectivity index is 1.83. The highest BCUT2D eigenvalue weighted by molar-refractivity contribution is 7.99. The third-order valence-corrected chi connectivity index (χ3v) is 5.44. The number of hydrogen-bond acceptors (Lipinski definition) is 5. The lowest BCUT2D eigenvalue weighted by atomic mass is 10.2. The first kappa shape index (κ1) is 16.9. The molecule has 0 aliphatic carbocycles. The molecule has 0 saturated heterocycles. The lowest BCUT2D eigenvalue weighted by molar-refractivity contribution is -0.133. The van der Waals surface area contributed by atoms with E-state index >= 15 is 0 Å². The monoisotopic (exact) mass is 380 g/mol. The van der Waals surface area contributed by atoms with E-state index in [-0.39, 0.29) is 5.75 Å². The first-order chi connectivity index (χ1) is 11.5. The number of aliphatic carboxylic acids is 1. The van der Waals surface area contributed by atoms with Crippen LogP contribution >= 0.6 is 34.7 Å². The molecule has 3 rings (SSSR count). The van der Waals surface area contributed by atoms with E-state index in [1.165, 1.54) is 11.8 Å². The van der Waals surface area contributed by atoms with E-state index in [4.69, 9.17) is 21.4 Å². The molecule has 8 heteroatoms. The molecule has 2 N–H and O–H groups in total. The van der Waals surface area contributed by atoms with Crippen molar-refractivity contribution in [3.8, 4) is 26.8 Å². The number of ether oxygens (including phenoxy) is 1. The van der Waals surface area contributed by atoms with Gasteiger partial charge in [0, 0.05) is 9.90 Å². The first-order valence-electron chi connectivity index (χ1n) is 6.90. The molecule has 0 radical (unpaired) electrons. The second-order valence-electron chi connectivity index (χ2n) is 4.85. The van der Waals surface area contributed by atoms with E-state index in [0.29, 0.717) is 15.8 Å². The number of aromatic nitrogens is 2. The number of hydrogen-bond donors (Lipinski definition) is 2. The SMILES string of the molecule is COc1cc(Cl)cc(-c2ccc(-c3cc(SCC(=O)O)n[nH]3)s2)c1. The van der Waals surface area contributed by atoms with E-state index in [1.54, 1.807) is 24.5 Å². The third kappa shape index (κ3) is 3.92. The maximum atomic E-state index is 10.6. The van der Waals surface area contributed by atoms with Gasteiger partial charge in [-0.15, -0.1) is 11.3 Å². The van der Waals surface area contributed by atoms with Crippen molar-refractivity contribution >= 4 is 40.7 Å². The lowest BCUT2D eigenvalue weighted by Crippen LogP contribution is -1.97. The Bertz CT molecular complexity index is 876. The molecular weight excluding hydrogens is 368 g/mol. The van der Waals surface area contributed by atoms with Gasteiger partial charge in [0.05, 0.1) is 23.4 Å². The Morgan fingerprint density at radius 3 is 2.88 bits per heavy atom. The van der Waals surface area contributed by atoms with Crippen LogP contribution in [0.2, 0.25) is 5.02 Å². The number of nitrogens with zero attached hydrogens (tertiary/aromatic N) is 1. The summed E-state index contributed by atoms with van der Waals surface area (Å²) in [7, 11) is 1.61. The summed E-state index contributed by atoms with van der Waals surface area (Å²) in [4.78, 5) is 12.7. The Morgan fingerprint density at radius 2 is 2.12 bits per heavy atom. The van der Waals surface area contributed by atoms with Crippen LogP contribution in [0.3, 0.4) is 0 Å². The van der Waals surface area contributed by atoms with Crippen molar-refractivity contribution in [3.05, 3.63) is 41.4 Å². The Hall–Kier alpha value is -1.96. The fraction of sp³-hybridized carbons (Fsp3) is 0.125. The van der Waals surface area contributed by atoms with Crippen molar-refractivity contribution in [1.82, 2.24) is 10.2 Å². The smallest absolute Gasteiger partial charge is 0.313 e. The molecule has 24 heavy (non-hydrogen) atoms.